The van der Waals surface area contributed by atoms with Crippen LogP contribution in [0.5, 0.6) is 0 Å². The van der Waals surface area contributed by atoms with Gasteiger partial charge in [0, 0.05) is 25.5 Å². The van der Waals surface area contributed by atoms with Crippen molar-refractivity contribution in [2.24, 2.45) is 7.05 Å². The summed E-state index contributed by atoms with van der Waals surface area (Å²) in [6.07, 6.45) is 4.82. The minimum absolute atomic E-state index is 0.000399. The number of anilines is 1. The molecular weight excluding hydrogens is 386 g/mol. The van der Waals surface area contributed by atoms with Gasteiger partial charge < -0.3 is 14.4 Å². The van der Waals surface area contributed by atoms with Gasteiger partial charge in [-0.15, -0.1) is 0 Å². The largest absolute Gasteiger partial charge is 0.347 e. The molecule has 1 aliphatic rings. The molecule has 1 aliphatic heterocycles. The van der Waals surface area contributed by atoms with E-state index < -0.39 is 0 Å². The number of nitrogens with zero attached hydrogens (tertiary/aromatic N) is 3. The number of benzene rings is 2. The molecule has 2 heterocycles. The molecule has 1 saturated heterocycles. The van der Waals surface area contributed by atoms with Crippen molar-refractivity contribution in [1.82, 2.24) is 9.47 Å². The maximum atomic E-state index is 13.2. The van der Waals surface area contributed by atoms with E-state index in [9.17, 15) is 9.59 Å². The Hall–Kier alpha value is -3.34. The number of carbonyl (C=O) groups is 2. The molecule has 0 N–H and O–H groups in total. The third-order valence-corrected chi connectivity index (χ3v) is 6.02. The lowest BCUT2D eigenvalue weighted by Crippen LogP contribution is -2.58. The van der Waals surface area contributed by atoms with Crippen LogP contribution in [0.1, 0.15) is 36.7 Å². The molecule has 0 saturated carbocycles. The van der Waals surface area contributed by atoms with Crippen LogP contribution < -0.4 is 4.90 Å². The van der Waals surface area contributed by atoms with Gasteiger partial charge in [-0.2, -0.15) is 0 Å². The fourth-order valence-electron chi connectivity index (χ4n) is 4.26. The fraction of sp³-hybridized carbons (Fsp3) is 0.308. The Morgan fingerprint density at radius 3 is 2.48 bits per heavy atom. The predicted molar refractivity (Wildman–Crippen MR) is 124 cm³/mol. The Balaban J connectivity index is 1.61. The minimum atomic E-state index is -0.0698. The Bertz CT molecular complexity index is 1060. The number of piperazine rings is 1. The van der Waals surface area contributed by atoms with Crippen molar-refractivity contribution in [3.05, 3.63) is 78.6 Å². The lowest BCUT2D eigenvalue weighted by atomic mass is 10.0. The molecule has 31 heavy (non-hydrogen) atoms. The zero-order valence-electron chi connectivity index (χ0n) is 18.2. The average molecular weight is 416 g/mol. The summed E-state index contributed by atoms with van der Waals surface area (Å²) in [6, 6.07) is 22.0. The lowest BCUT2D eigenvalue weighted by Gasteiger charge is -2.41. The van der Waals surface area contributed by atoms with Crippen LogP contribution in [0, 0.1) is 0 Å². The summed E-state index contributed by atoms with van der Waals surface area (Å²) in [7, 11) is 1.86. The van der Waals surface area contributed by atoms with Gasteiger partial charge in [0.1, 0.15) is 12.2 Å². The van der Waals surface area contributed by atoms with Crippen molar-refractivity contribution in [3.63, 3.8) is 0 Å². The Morgan fingerprint density at radius 1 is 1.00 bits per heavy atom. The number of aromatic nitrogens is 1. The molecule has 1 unspecified atom stereocenters. The van der Waals surface area contributed by atoms with Crippen LogP contribution in [0.25, 0.3) is 11.1 Å². The van der Waals surface area contributed by atoms with E-state index in [0.29, 0.717) is 12.2 Å². The molecule has 1 atom stereocenters. The number of amides is 2. The van der Waals surface area contributed by atoms with Gasteiger partial charge in [0.25, 0.3) is 5.91 Å². The molecule has 4 rings (SSSR count). The van der Waals surface area contributed by atoms with Gasteiger partial charge in [-0.05, 0) is 41.8 Å². The highest BCUT2D eigenvalue weighted by atomic mass is 16.2. The molecule has 0 radical (unpaired) electrons. The molecule has 2 aromatic carbocycles. The molecule has 3 aromatic rings. The van der Waals surface area contributed by atoms with E-state index in [4.69, 9.17) is 0 Å². The van der Waals surface area contributed by atoms with Crippen molar-refractivity contribution in [2.75, 3.05) is 18.0 Å². The molecule has 1 fully saturated rings. The molecule has 5 nitrogen and oxygen atoms in total. The van der Waals surface area contributed by atoms with Gasteiger partial charge in [0.15, 0.2) is 0 Å². The molecular formula is C26H29N3O2. The average Bonchev–Trinajstić information content (AvgIpc) is 3.24. The highest BCUT2D eigenvalue weighted by Crippen LogP contribution is 2.28. The number of aryl methyl sites for hydroxylation is 1. The van der Waals surface area contributed by atoms with Crippen molar-refractivity contribution in [1.29, 1.82) is 0 Å². The monoisotopic (exact) mass is 415 g/mol. The molecule has 0 spiro atoms. The third-order valence-electron chi connectivity index (χ3n) is 6.02. The van der Waals surface area contributed by atoms with Crippen LogP contribution in [0.15, 0.2) is 72.9 Å². The lowest BCUT2D eigenvalue weighted by molar-refractivity contribution is -0.121. The zero-order chi connectivity index (χ0) is 21.8. The number of hydrogen-bond donors (Lipinski definition) is 0. The standard InChI is InChI=1S/C26H29N3O2/c1-3-4-13-23-18-28(22-14-8-12-21(17-22)20-10-6-5-7-11-20)25(30)19-29(23)26(31)24-15-9-16-27(24)2/h5-12,14-17,23H,3-4,13,18-19H2,1-2H3. The first-order valence-electron chi connectivity index (χ1n) is 11.0. The topological polar surface area (TPSA) is 45.6 Å². The smallest absolute Gasteiger partial charge is 0.271 e. The van der Waals surface area contributed by atoms with Crippen LogP contribution in [0.3, 0.4) is 0 Å². The summed E-state index contributed by atoms with van der Waals surface area (Å²) in [5, 5.41) is 0. The number of rotatable bonds is 6. The van der Waals surface area contributed by atoms with E-state index in [1.807, 2.05) is 65.2 Å². The Kier molecular flexibility index (Phi) is 6.21. The van der Waals surface area contributed by atoms with Gasteiger partial charge in [0.2, 0.25) is 5.91 Å². The zero-order valence-corrected chi connectivity index (χ0v) is 18.2. The van der Waals surface area contributed by atoms with E-state index in [1.165, 1.54) is 0 Å². The first-order valence-corrected chi connectivity index (χ1v) is 11.0. The summed E-state index contributed by atoms with van der Waals surface area (Å²) in [6.45, 7) is 2.78. The summed E-state index contributed by atoms with van der Waals surface area (Å²) in [4.78, 5) is 30.0. The first-order chi connectivity index (χ1) is 15.1. The Morgan fingerprint density at radius 2 is 1.77 bits per heavy atom. The van der Waals surface area contributed by atoms with E-state index in [2.05, 4.69) is 31.2 Å². The molecule has 2 amide bonds. The van der Waals surface area contributed by atoms with Gasteiger partial charge >= 0.3 is 0 Å². The van der Waals surface area contributed by atoms with Crippen LogP contribution in [-0.2, 0) is 11.8 Å². The summed E-state index contributed by atoms with van der Waals surface area (Å²) in [5.74, 6) is -0.111. The maximum Gasteiger partial charge on any atom is 0.271 e. The van der Waals surface area contributed by atoms with Gasteiger partial charge in [-0.3, -0.25) is 9.59 Å². The van der Waals surface area contributed by atoms with Crippen LogP contribution >= 0.6 is 0 Å². The second kappa shape index (κ2) is 9.21. The Labute approximate surface area is 183 Å². The summed E-state index contributed by atoms with van der Waals surface area (Å²) < 4.78 is 1.82. The first kappa shape index (κ1) is 20.9. The number of unbranched alkanes of at least 4 members (excludes halogenated alkanes) is 1. The molecule has 5 heteroatoms. The fourth-order valence-corrected chi connectivity index (χ4v) is 4.26. The van der Waals surface area contributed by atoms with Crippen molar-refractivity contribution in [2.45, 2.75) is 32.2 Å². The molecule has 0 aliphatic carbocycles. The summed E-state index contributed by atoms with van der Waals surface area (Å²) >= 11 is 0. The quantitative estimate of drug-likeness (QED) is 0.584. The van der Waals surface area contributed by atoms with Gasteiger partial charge in [0.05, 0.1) is 6.04 Å². The number of carbonyl (C=O) groups excluding carboxylic acids is 2. The van der Waals surface area contributed by atoms with Crippen molar-refractivity contribution < 1.29 is 9.59 Å². The van der Waals surface area contributed by atoms with Crippen molar-refractivity contribution >= 4 is 17.5 Å². The van der Waals surface area contributed by atoms with Gasteiger partial charge in [-0.1, -0.05) is 62.2 Å². The second-order valence-electron chi connectivity index (χ2n) is 8.15. The summed E-state index contributed by atoms with van der Waals surface area (Å²) in [5.41, 5.74) is 3.71. The molecule has 1 aromatic heterocycles. The molecule has 0 bridgehead atoms. The van der Waals surface area contributed by atoms with E-state index in [1.54, 1.807) is 4.90 Å². The third kappa shape index (κ3) is 4.41. The predicted octanol–water partition coefficient (Wildman–Crippen LogP) is 4.74. The van der Waals surface area contributed by atoms with Crippen LogP contribution in [0.2, 0.25) is 0 Å². The number of hydrogen-bond acceptors (Lipinski definition) is 2. The SMILES string of the molecule is CCCCC1CN(c2cccc(-c3ccccc3)c2)C(=O)CN1C(=O)c1cccn1C. The highest BCUT2D eigenvalue weighted by Gasteiger charge is 2.36. The minimum Gasteiger partial charge on any atom is -0.347 e. The van der Waals surface area contributed by atoms with Crippen LogP contribution in [0.4, 0.5) is 5.69 Å². The van der Waals surface area contributed by atoms with Crippen molar-refractivity contribution in [3.8, 4) is 11.1 Å². The van der Waals surface area contributed by atoms with E-state index in [0.717, 1.165) is 36.1 Å². The molecule has 160 valence electrons. The second-order valence-corrected chi connectivity index (χ2v) is 8.15. The van der Waals surface area contributed by atoms with E-state index in [-0.39, 0.29) is 24.4 Å². The van der Waals surface area contributed by atoms with Gasteiger partial charge in [-0.25, -0.2) is 0 Å². The maximum absolute atomic E-state index is 13.2. The van der Waals surface area contributed by atoms with E-state index >= 15 is 0 Å². The van der Waals surface area contributed by atoms with Crippen LogP contribution in [-0.4, -0.2) is 40.4 Å². The normalized spacial score (nSPS) is 16.6. The highest BCUT2D eigenvalue weighted by molar-refractivity contribution is 6.01.